The molecule has 1 fully saturated rings. The van der Waals surface area contributed by atoms with Gasteiger partial charge in [-0.3, -0.25) is 0 Å². The van der Waals surface area contributed by atoms with Gasteiger partial charge in [0.15, 0.2) is 0 Å². The smallest absolute Gasteiger partial charge is 0.354 e. The van der Waals surface area contributed by atoms with Crippen molar-refractivity contribution in [2.24, 2.45) is 0 Å². The summed E-state index contributed by atoms with van der Waals surface area (Å²) in [7, 11) is 0. The molecule has 1 aliphatic rings. The van der Waals surface area contributed by atoms with E-state index in [0.717, 1.165) is 31.4 Å². The Morgan fingerprint density at radius 3 is 2.56 bits per heavy atom. The van der Waals surface area contributed by atoms with Crippen LogP contribution in [0, 0.1) is 0 Å². The van der Waals surface area contributed by atoms with Crippen LogP contribution in [0.15, 0.2) is 12.1 Å². The Labute approximate surface area is 109 Å². The first-order chi connectivity index (χ1) is 8.41. The van der Waals surface area contributed by atoms with Crippen molar-refractivity contribution in [2.75, 3.05) is 11.4 Å². The first kappa shape index (κ1) is 13.5. The number of aromatic nitrogens is 1. The average Bonchev–Trinajstić information content (AvgIpc) is 3.07. The minimum absolute atomic E-state index is 0.110. The third-order valence-electron chi connectivity index (χ3n) is 2.85. The second-order valence-electron chi connectivity index (χ2n) is 4.46. The van der Waals surface area contributed by atoms with Crippen molar-refractivity contribution in [3.05, 3.63) is 22.8 Å². The van der Waals surface area contributed by atoms with Gasteiger partial charge in [-0.05, 0) is 31.4 Å². The predicted molar refractivity (Wildman–Crippen MR) is 64.9 cm³/mol. The van der Waals surface area contributed by atoms with Crippen molar-refractivity contribution in [3.8, 4) is 0 Å². The summed E-state index contributed by atoms with van der Waals surface area (Å²) in [6.07, 6.45) is -1.50. The van der Waals surface area contributed by atoms with E-state index in [1.807, 2.05) is 11.8 Å². The Balaban J connectivity index is 2.34. The number of nitrogens with zero attached hydrogens (tertiary/aromatic N) is 2. The lowest BCUT2D eigenvalue weighted by Gasteiger charge is -2.23. The van der Waals surface area contributed by atoms with Gasteiger partial charge in [-0.1, -0.05) is 18.5 Å². The maximum Gasteiger partial charge on any atom is 0.416 e. The minimum atomic E-state index is -4.39. The van der Waals surface area contributed by atoms with E-state index in [2.05, 4.69) is 4.98 Å². The van der Waals surface area contributed by atoms with Gasteiger partial charge < -0.3 is 4.90 Å². The normalized spacial score (nSPS) is 15.8. The van der Waals surface area contributed by atoms with E-state index in [1.165, 1.54) is 0 Å². The summed E-state index contributed by atoms with van der Waals surface area (Å²) >= 11 is 5.69. The third-order valence-corrected chi connectivity index (χ3v) is 3.05. The van der Waals surface area contributed by atoms with E-state index >= 15 is 0 Å². The van der Waals surface area contributed by atoms with E-state index in [4.69, 9.17) is 11.6 Å². The molecule has 0 spiro atoms. The quantitative estimate of drug-likeness (QED) is 0.770. The zero-order valence-electron chi connectivity index (χ0n) is 9.97. The molecule has 1 aliphatic carbocycles. The fourth-order valence-corrected chi connectivity index (χ4v) is 2.11. The summed E-state index contributed by atoms with van der Waals surface area (Å²) in [6, 6.07) is 2.26. The summed E-state index contributed by atoms with van der Waals surface area (Å²) in [5.74, 6) is 0.333. The molecule has 0 amide bonds. The first-order valence-corrected chi connectivity index (χ1v) is 6.31. The molecule has 1 heterocycles. The topological polar surface area (TPSA) is 16.1 Å². The molecule has 18 heavy (non-hydrogen) atoms. The molecule has 0 saturated heterocycles. The molecular formula is C12H14ClF3N2. The van der Waals surface area contributed by atoms with Crippen LogP contribution in [0.3, 0.4) is 0 Å². The van der Waals surface area contributed by atoms with E-state index in [0.29, 0.717) is 18.4 Å². The molecule has 0 radical (unpaired) electrons. The SMILES string of the molecule is CCCN(c1cc(C(F)(F)F)cc(Cl)n1)C1CC1. The third kappa shape index (κ3) is 3.07. The second-order valence-corrected chi connectivity index (χ2v) is 4.85. The van der Waals surface area contributed by atoms with Gasteiger partial charge in [-0.15, -0.1) is 0 Å². The molecule has 1 aromatic heterocycles. The Kier molecular flexibility index (Phi) is 3.71. The Morgan fingerprint density at radius 1 is 1.39 bits per heavy atom. The van der Waals surface area contributed by atoms with Crippen LogP contribution in [-0.4, -0.2) is 17.6 Å². The number of pyridine rings is 1. The summed E-state index contributed by atoms with van der Waals surface area (Å²) in [6.45, 7) is 2.69. The molecule has 0 aromatic carbocycles. The molecule has 0 N–H and O–H groups in total. The van der Waals surface area contributed by atoms with Crippen molar-refractivity contribution >= 4 is 17.4 Å². The molecule has 2 nitrogen and oxygen atoms in total. The highest BCUT2D eigenvalue weighted by molar-refractivity contribution is 6.29. The number of anilines is 1. The Hall–Kier alpha value is -0.970. The zero-order chi connectivity index (χ0) is 13.3. The van der Waals surface area contributed by atoms with Crippen LogP contribution in [0.5, 0.6) is 0 Å². The standard InChI is InChI=1S/C12H14ClF3N2/c1-2-5-18(9-3-4-9)11-7-8(12(14,15)16)6-10(13)17-11/h6-7,9H,2-5H2,1H3. The van der Waals surface area contributed by atoms with Gasteiger partial charge in [0.05, 0.1) is 5.56 Å². The summed E-state index contributed by atoms with van der Waals surface area (Å²) in [5, 5.41) is -0.110. The molecule has 0 aliphatic heterocycles. The van der Waals surface area contributed by atoms with Crippen LogP contribution in [0.1, 0.15) is 31.7 Å². The van der Waals surface area contributed by atoms with Crippen LogP contribution in [0.2, 0.25) is 5.15 Å². The van der Waals surface area contributed by atoms with E-state index in [-0.39, 0.29) is 5.15 Å². The molecular weight excluding hydrogens is 265 g/mol. The van der Waals surface area contributed by atoms with E-state index in [9.17, 15) is 13.2 Å². The van der Waals surface area contributed by atoms with Gasteiger partial charge in [-0.25, -0.2) is 4.98 Å². The van der Waals surface area contributed by atoms with Crippen molar-refractivity contribution in [2.45, 2.75) is 38.4 Å². The van der Waals surface area contributed by atoms with Crippen LogP contribution in [0.4, 0.5) is 19.0 Å². The summed E-state index contributed by atoms with van der Waals surface area (Å²) in [5.41, 5.74) is -0.737. The van der Waals surface area contributed by atoms with Gasteiger partial charge in [0.2, 0.25) is 0 Å². The van der Waals surface area contributed by atoms with E-state index < -0.39 is 11.7 Å². The van der Waals surface area contributed by atoms with Crippen LogP contribution >= 0.6 is 11.6 Å². The monoisotopic (exact) mass is 278 g/mol. The average molecular weight is 279 g/mol. The molecule has 0 bridgehead atoms. The fourth-order valence-electron chi connectivity index (χ4n) is 1.91. The molecule has 1 saturated carbocycles. The maximum absolute atomic E-state index is 12.7. The number of hydrogen-bond donors (Lipinski definition) is 0. The summed E-state index contributed by atoms with van der Waals surface area (Å²) < 4.78 is 38.1. The van der Waals surface area contributed by atoms with Gasteiger partial charge >= 0.3 is 6.18 Å². The molecule has 2 rings (SSSR count). The highest BCUT2D eigenvalue weighted by Gasteiger charge is 2.34. The van der Waals surface area contributed by atoms with E-state index in [1.54, 1.807) is 0 Å². The number of hydrogen-bond acceptors (Lipinski definition) is 2. The first-order valence-electron chi connectivity index (χ1n) is 5.93. The molecule has 0 atom stereocenters. The van der Waals surface area contributed by atoms with Gasteiger partial charge in [-0.2, -0.15) is 13.2 Å². The number of rotatable bonds is 4. The fraction of sp³-hybridized carbons (Fsp3) is 0.583. The Bertz CT molecular complexity index is 430. The molecule has 1 aromatic rings. The van der Waals surface area contributed by atoms with Crippen molar-refractivity contribution in [3.63, 3.8) is 0 Å². The van der Waals surface area contributed by atoms with Gasteiger partial charge in [0, 0.05) is 12.6 Å². The highest BCUT2D eigenvalue weighted by Crippen LogP contribution is 2.36. The lowest BCUT2D eigenvalue weighted by molar-refractivity contribution is -0.137. The summed E-state index contributed by atoms with van der Waals surface area (Å²) in [4.78, 5) is 5.94. The molecule has 100 valence electrons. The van der Waals surface area contributed by atoms with Crippen LogP contribution in [-0.2, 0) is 6.18 Å². The lowest BCUT2D eigenvalue weighted by atomic mass is 10.2. The highest BCUT2D eigenvalue weighted by atomic mass is 35.5. The number of halogens is 4. The van der Waals surface area contributed by atoms with Crippen LogP contribution in [0.25, 0.3) is 0 Å². The zero-order valence-corrected chi connectivity index (χ0v) is 10.7. The van der Waals surface area contributed by atoms with Gasteiger partial charge in [0.1, 0.15) is 11.0 Å². The van der Waals surface area contributed by atoms with Crippen molar-refractivity contribution < 1.29 is 13.2 Å². The predicted octanol–water partition coefficient (Wildman–Crippen LogP) is 4.13. The molecule has 0 unspecified atom stereocenters. The van der Waals surface area contributed by atoms with Crippen LogP contribution < -0.4 is 4.90 Å². The van der Waals surface area contributed by atoms with Crippen molar-refractivity contribution in [1.29, 1.82) is 0 Å². The number of alkyl halides is 3. The largest absolute Gasteiger partial charge is 0.416 e. The maximum atomic E-state index is 12.7. The van der Waals surface area contributed by atoms with Crippen molar-refractivity contribution in [1.82, 2.24) is 4.98 Å². The molecule has 6 heteroatoms. The Morgan fingerprint density at radius 2 is 2.06 bits per heavy atom. The van der Waals surface area contributed by atoms with Gasteiger partial charge in [0.25, 0.3) is 0 Å². The lowest BCUT2D eigenvalue weighted by Crippen LogP contribution is -2.27. The minimum Gasteiger partial charge on any atom is -0.354 e. The second kappa shape index (κ2) is 4.96.